The van der Waals surface area contributed by atoms with Gasteiger partial charge in [-0.15, -0.1) is 0 Å². The Morgan fingerprint density at radius 2 is 2.36 bits per heavy atom. The van der Waals surface area contributed by atoms with Gasteiger partial charge in [0.2, 0.25) is 0 Å². The minimum atomic E-state index is -0.532. The Morgan fingerprint density at radius 1 is 1.57 bits per heavy atom. The van der Waals surface area contributed by atoms with Crippen LogP contribution in [0.5, 0.6) is 0 Å². The summed E-state index contributed by atoms with van der Waals surface area (Å²) >= 11 is 0. The van der Waals surface area contributed by atoms with Crippen molar-refractivity contribution >= 4 is 5.69 Å². The normalized spacial score (nSPS) is 26.9. The van der Waals surface area contributed by atoms with E-state index < -0.39 is 5.60 Å². The Kier molecular flexibility index (Phi) is 2.19. The van der Waals surface area contributed by atoms with Crippen molar-refractivity contribution in [3.63, 3.8) is 0 Å². The van der Waals surface area contributed by atoms with Gasteiger partial charge in [-0.2, -0.15) is 0 Å². The van der Waals surface area contributed by atoms with E-state index in [-0.39, 0.29) is 0 Å². The molecule has 2 heterocycles. The van der Waals surface area contributed by atoms with Gasteiger partial charge in [0.15, 0.2) is 0 Å². The molecular weight excluding hydrogens is 176 g/mol. The topological polar surface area (TPSA) is 36.4 Å². The molecule has 0 aliphatic carbocycles. The van der Waals surface area contributed by atoms with Crippen LogP contribution in [0.2, 0.25) is 0 Å². The van der Waals surface area contributed by atoms with Gasteiger partial charge in [-0.25, -0.2) is 0 Å². The van der Waals surface area contributed by atoms with Crippen molar-refractivity contribution in [1.82, 2.24) is 4.98 Å². The van der Waals surface area contributed by atoms with Crippen molar-refractivity contribution < 1.29 is 5.11 Å². The molecule has 1 aromatic heterocycles. The molecule has 3 heteroatoms. The maximum atomic E-state index is 9.86. The van der Waals surface area contributed by atoms with Crippen molar-refractivity contribution in [2.24, 2.45) is 0 Å². The van der Waals surface area contributed by atoms with E-state index in [9.17, 15) is 5.11 Å². The number of β-amino-alcohol motifs (C(OH)–C–C–N with tert-alkyl or cyclic N) is 1. The number of anilines is 1. The Bertz CT molecular complexity index is 336. The van der Waals surface area contributed by atoms with E-state index in [2.05, 4.69) is 16.8 Å². The van der Waals surface area contributed by atoms with Crippen LogP contribution in [-0.2, 0) is 0 Å². The lowest BCUT2D eigenvalue weighted by Crippen LogP contribution is -2.29. The molecule has 1 N–H and O–H groups in total. The number of pyridine rings is 1. The number of hydrogen-bond acceptors (Lipinski definition) is 3. The maximum Gasteiger partial charge on any atom is 0.0810 e. The van der Waals surface area contributed by atoms with Crippen LogP contribution >= 0.6 is 0 Å². The van der Waals surface area contributed by atoms with Gasteiger partial charge >= 0.3 is 0 Å². The molecule has 14 heavy (non-hydrogen) atoms. The second-order valence-electron chi connectivity index (χ2n) is 4.33. The molecule has 1 aliphatic rings. The predicted molar refractivity (Wildman–Crippen MR) is 56.4 cm³/mol. The van der Waals surface area contributed by atoms with Gasteiger partial charge in [-0.1, -0.05) is 0 Å². The van der Waals surface area contributed by atoms with Gasteiger partial charge in [0.1, 0.15) is 0 Å². The van der Waals surface area contributed by atoms with Crippen LogP contribution in [0, 0.1) is 6.92 Å². The molecule has 1 unspecified atom stereocenters. The number of aromatic nitrogens is 1. The lowest BCUT2D eigenvalue weighted by molar-refractivity contribution is 0.0839. The molecule has 1 saturated heterocycles. The molecule has 0 aromatic carbocycles. The highest BCUT2D eigenvalue weighted by molar-refractivity contribution is 5.52. The van der Waals surface area contributed by atoms with Gasteiger partial charge in [0.05, 0.1) is 5.60 Å². The molecule has 1 aromatic rings. The third-order valence-corrected chi connectivity index (χ3v) is 2.78. The van der Waals surface area contributed by atoms with Crippen molar-refractivity contribution in [1.29, 1.82) is 0 Å². The van der Waals surface area contributed by atoms with Crippen LogP contribution in [0.4, 0.5) is 5.69 Å². The molecule has 0 bridgehead atoms. The smallest absolute Gasteiger partial charge is 0.0810 e. The fourth-order valence-corrected chi connectivity index (χ4v) is 1.97. The van der Waals surface area contributed by atoms with E-state index in [1.165, 1.54) is 11.3 Å². The van der Waals surface area contributed by atoms with Gasteiger partial charge in [0.25, 0.3) is 0 Å². The Balaban J connectivity index is 2.22. The van der Waals surface area contributed by atoms with Crippen LogP contribution in [0.3, 0.4) is 0 Å². The van der Waals surface area contributed by atoms with E-state index in [0.29, 0.717) is 0 Å². The summed E-state index contributed by atoms with van der Waals surface area (Å²) in [6, 6.07) is 2.01. The number of aryl methyl sites for hydroxylation is 1. The third-order valence-electron chi connectivity index (χ3n) is 2.78. The summed E-state index contributed by atoms with van der Waals surface area (Å²) in [5.41, 5.74) is 1.83. The largest absolute Gasteiger partial charge is 0.388 e. The predicted octanol–water partition coefficient (Wildman–Crippen LogP) is 1.35. The third kappa shape index (κ3) is 1.73. The van der Waals surface area contributed by atoms with Crippen molar-refractivity contribution in [3.05, 3.63) is 24.0 Å². The summed E-state index contributed by atoms with van der Waals surface area (Å²) in [6.45, 7) is 5.59. The van der Waals surface area contributed by atoms with Gasteiger partial charge in [-0.05, 0) is 31.9 Å². The minimum absolute atomic E-state index is 0.532. The molecule has 1 atom stereocenters. The first-order valence-electron chi connectivity index (χ1n) is 4.96. The van der Waals surface area contributed by atoms with Gasteiger partial charge < -0.3 is 10.0 Å². The van der Waals surface area contributed by atoms with Crippen LogP contribution < -0.4 is 4.90 Å². The number of nitrogens with zero attached hydrogens (tertiary/aromatic N) is 2. The second kappa shape index (κ2) is 3.24. The van der Waals surface area contributed by atoms with Crippen molar-refractivity contribution in [2.75, 3.05) is 18.0 Å². The summed E-state index contributed by atoms with van der Waals surface area (Å²) in [7, 11) is 0. The standard InChI is InChI=1S/C11H16N2O/c1-9-7-12-5-3-10(9)13-6-4-11(2,14)8-13/h3,5,7,14H,4,6,8H2,1-2H3. The molecule has 1 aliphatic heterocycles. The average molecular weight is 192 g/mol. The molecule has 1 fully saturated rings. The van der Waals surface area contributed by atoms with Gasteiger partial charge in [-0.3, -0.25) is 4.98 Å². The fourth-order valence-electron chi connectivity index (χ4n) is 1.97. The Labute approximate surface area is 84.4 Å². The number of rotatable bonds is 1. The minimum Gasteiger partial charge on any atom is -0.388 e. The fraction of sp³-hybridized carbons (Fsp3) is 0.545. The molecule has 0 saturated carbocycles. The van der Waals surface area contributed by atoms with E-state index in [0.717, 1.165) is 19.5 Å². The zero-order chi connectivity index (χ0) is 10.2. The molecule has 0 radical (unpaired) electrons. The second-order valence-corrected chi connectivity index (χ2v) is 4.33. The van der Waals surface area contributed by atoms with Crippen molar-refractivity contribution in [2.45, 2.75) is 25.9 Å². The zero-order valence-electron chi connectivity index (χ0n) is 8.70. The Morgan fingerprint density at radius 3 is 2.93 bits per heavy atom. The summed E-state index contributed by atoms with van der Waals surface area (Å²) < 4.78 is 0. The summed E-state index contributed by atoms with van der Waals surface area (Å²) in [5.74, 6) is 0. The highest BCUT2D eigenvalue weighted by atomic mass is 16.3. The average Bonchev–Trinajstić information content (AvgIpc) is 2.47. The molecule has 3 nitrogen and oxygen atoms in total. The van der Waals surface area contributed by atoms with Crippen LogP contribution in [-0.4, -0.2) is 28.8 Å². The summed E-state index contributed by atoms with van der Waals surface area (Å²) in [5, 5.41) is 9.86. The van der Waals surface area contributed by atoms with Gasteiger partial charge in [0, 0.05) is 31.2 Å². The lowest BCUT2D eigenvalue weighted by Gasteiger charge is -2.22. The van der Waals surface area contributed by atoms with E-state index >= 15 is 0 Å². The zero-order valence-corrected chi connectivity index (χ0v) is 8.70. The van der Waals surface area contributed by atoms with Crippen LogP contribution in [0.1, 0.15) is 18.9 Å². The Hall–Kier alpha value is -1.09. The van der Waals surface area contributed by atoms with Crippen LogP contribution in [0.25, 0.3) is 0 Å². The van der Waals surface area contributed by atoms with E-state index in [1.54, 1.807) is 6.20 Å². The SMILES string of the molecule is Cc1cnccc1N1CCC(C)(O)C1. The molecular formula is C11H16N2O. The highest BCUT2D eigenvalue weighted by Crippen LogP contribution is 2.27. The maximum absolute atomic E-state index is 9.86. The quantitative estimate of drug-likeness (QED) is 0.729. The molecule has 0 amide bonds. The summed E-state index contributed by atoms with van der Waals surface area (Å²) in [4.78, 5) is 6.28. The van der Waals surface area contributed by atoms with Crippen LogP contribution in [0.15, 0.2) is 18.5 Å². The van der Waals surface area contributed by atoms with Crippen molar-refractivity contribution in [3.8, 4) is 0 Å². The molecule has 0 spiro atoms. The monoisotopic (exact) mass is 192 g/mol. The first-order valence-corrected chi connectivity index (χ1v) is 4.96. The number of hydrogen-bond donors (Lipinski definition) is 1. The molecule has 76 valence electrons. The molecule has 2 rings (SSSR count). The summed E-state index contributed by atoms with van der Waals surface area (Å²) in [6.07, 6.45) is 4.51. The first-order chi connectivity index (χ1) is 6.58. The van der Waals surface area contributed by atoms with E-state index in [4.69, 9.17) is 0 Å². The lowest BCUT2D eigenvalue weighted by atomic mass is 10.1. The first kappa shape index (κ1) is 9.46. The number of aliphatic hydroxyl groups is 1. The highest BCUT2D eigenvalue weighted by Gasteiger charge is 2.31. The van der Waals surface area contributed by atoms with E-state index in [1.807, 2.05) is 19.2 Å².